The molecule has 2 aliphatic heterocycles. The van der Waals surface area contributed by atoms with Crippen LogP contribution in [0.4, 0.5) is 5.69 Å². The van der Waals surface area contributed by atoms with Crippen molar-refractivity contribution in [1.29, 1.82) is 0 Å². The minimum atomic E-state index is -0.139. The zero-order valence-corrected chi connectivity index (χ0v) is 16.3. The fraction of sp³-hybridized carbons (Fsp3) is 0.261. The van der Waals surface area contributed by atoms with Crippen molar-refractivity contribution in [3.8, 4) is 11.5 Å². The molecule has 2 amide bonds. The van der Waals surface area contributed by atoms with E-state index in [0.29, 0.717) is 48.8 Å². The first-order valence-corrected chi connectivity index (χ1v) is 10.0. The normalized spacial score (nSPS) is 15.9. The van der Waals surface area contributed by atoms with Gasteiger partial charge in [-0.2, -0.15) is 0 Å². The van der Waals surface area contributed by atoms with Gasteiger partial charge >= 0.3 is 0 Å². The third kappa shape index (κ3) is 3.43. The van der Waals surface area contributed by atoms with Gasteiger partial charge in [-0.3, -0.25) is 14.6 Å². The van der Waals surface area contributed by atoms with Crippen LogP contribution in [0.5, 0.6) is 11.5 Å². The van der Waals surface area contributed by atoms with Crippen LogP contribution >= 0.6 is 0 Å². The van der Waals surface area contributed by atoms with Crippen molar-refractivity contribution < 1.29 is 19.1 Å². The second kappa shape index (κ2) is 7.67. The molecule has 1 fully saturated rings. The molecule has 30 heavy (non-hydrogen) atoms. The lowest BCUT2D eigenvalue weighted by Crippen LogP contribution is -2.41. The van der Waals surface area contributed by atoms with Crippen molar-refractivity contribution in [2.45, 2.75) is 12.8 Å². The number of likely N-dealkylation sites (tertiary alicyclic amines) is 1. The van der Waals surface area contributed by atoms with E-state index in [-0.39, 0.29) is 24.5 Å². The molecule has 0 atom stereocenters. The van der Waals surface area contributed by atoms with Gasteiger partial charge in [-0.05, 0) is 36.4 Å². The molecule has 2 aromatic carbocycles. The summed E-state index contributed by atoms with van der Waals surface area (Å²) in [6.07, 6.45) is 2.90. The molecule has 0 unspecified atom stereocenters. The number of piperidine rings is 1. The zero-order valence-electron chi connectivity index (χ0n) is 16.3. The summed E-state index contributed by atoms with van der Waals surface area (Å²) in [5.74, 6) is 1.06. The number of aromatic nitrogens is 1. The lowest BCUT2D eigenvalue weighted by molar-refractivity contribution is -0.121. The largest absolute Gasteiger partial charge is 0.454 e. The van der Waals surface area contributed by atoms with E-state index in [1.807, 2.05) is 30.3 Å². The molecule has 1 saturated heterocycles. The van der Waals surface area contributed by atoms with Crippen LogP contribution in [-0.4, -0.2) is 41.6 Å². The van der Waals surface area contributed by atoms with Gasteiger partial charge in [0.05, 0.1) is 0 Å². The van der Waals surface area contributed by atoms with E-state index in [9.17, 15) is 9.59 Å². The Labute approximate surface area is 173 Å². The summed E-state index contributed by atoms with van der Waals surface area (Å²) in [6.45, 7) is 1.26. The number of benzene rings is 2. The number of rotatable bonds is 3. The van der Waals surface area contributed by atoms with E-state index in [1.54, 1.807) is 29.3 Å². The predicted molar refractivity (Wildman–Crippen MR) is 112 cm³/mol. The first-order chi connectivity index (χ1) is 14.7. The summed E-state index contributed by atoms with van der Waals surface area (Å²) >= 11 is 0. The molecule has 3 heterocycles. The number of amides is 2. The maximum atomic E-state index is 13.0. The standard InChI is InChI=1S/C23H21N3O4/c27-22(25-17-5-6-19-20(13-17)30-14-29-19)16-8-11-26(12-9-16)23(28)21-18-4-2-1-3-15(18)7-10-24-21/h1-7,10,13,16H,8-9,11-12,14H2,(H,25,27). The first-order valence-electron chi connectivity index (χ1n) is 10.0. The molecule has 0 radical (unpaired) electrons. The van der Waals surface area contributed by atoms with Crippen LogP contribution in [0.15, 0.2) is 54.7 Å². The molecular weight excluding hydrogens is 382 g/mol. The number of fused-ring (bicyclic) bond motifs is 2. The Balaban J connectivity index is 1.22. The minimum Gasteiger partial charge on any atom is -0.454 e. The van der Waals surface area contributed by atoms with Gasteiger partial charge in [0.1, 0.15) is 5.69 Å². The molecule has 0 spiro atoms. The van der Waals surface area contributed by atoms with Crippen LogP contribution in [0.3, 0.4) is 0 Å². The lowest BCUT2D eigenvalue weighted by atomic mass is 9.95. The number of hydrogen-bond donors (Lipinski definition) is 1. The van der Waals surface area contributed by atoms with Gasteiger partial charge in [0.2, 0.25) is 12.7 Å². The Bertz CT molecular complexity index is 1120. The van der Waals surface area contributed by atoms with Crippen molar-refractivity contribution in [3.63, 3.8) is 0 Å². The fourth-order valence-electron chi connectivity index (χ4n) is 4.00. The predicted octanol–water partition coefficient (Wildman–Crippen LogP) is 3.45. The van der Waals surface area contributed by atoms with Gasteiger partial charge in [0, 0.05) is 42.3 Å². The smallest absolute Gasteiger partial charge is 0.273 e. The molecule has 0 bridgehead atoms. The van der Waals surface area contributed by atoms with Gasteiger partial charge in [-0.25, -0.2) is 0 Å². The summed E-state index contributed by atoms with van der Waals surface area (Å²) in [5.41, 5.74) is 1.15. The summed E-state index contributed by atoms with van der Waals surface area (Å²) in [4.78, 5) is 31.8. The van der Waals surface area contributed by atoms with Crippen molar-refractivity contribution >= 4 is 28.3 Å². The topological polar surface area (TPSA) is 80.8 Å². The Hall–Kier alpha value is -3.61. The van der Waals surface area contributed by atoms with Gasteiger partial charge in [-0.1, -0.05) is 24.3 Å². The molecule has 0 aliphatic carbocycles. The average Bonchev–Trinajstić information content (AvgIpc) is 3.26. The van der Waals surface area contributed by atoms with Gasteiger partial charge in [-0.15, -0.1) is 0 Å². The minimum absolute atomic E-state index is 0.0377. The SMILES string of the molecule is O=C(Nc1ccc2c(c1)OCO2)C1CCN(C(=O)c2nccc3ccccc23)CC1. The number of nitrogens with zero attached hydrogens (tertiary/aromatic N) is 2. The van der Waals surface area contributed by atoms with E-state index in [4.69, 9.17) is 9.47 Å². The van der Waals surface area contributed by atoms with Gasteiger partial charge in [0.15, 0.2) is 11.5 Å². The molecule has 3 aromatic rings. The maximum Gasteiger partial charge on any atom is 0.273 e. The third-order valence-corrected chi connectivity index (χ3v) is 5.67. The van der Waals surface area contributed by atoms with Crippen molar-refractivity contribution in [2.24, 2.45) is 5.92 Å². The number of anilines is 1. The Morgan fingerprint density at radius 2 is 1.80 bits per heavy atom. The number of nitrogens with one attached hydrogen (secondary N) is 1. The Kier molecular flexibility index (Phi) is 4.71. The highest BCUT2D eigenvalue weighted by molar-refractivity contribution is 6.05. The highest BCUT2D eigenvalue weighted by Gasteiger charge is 2.29. The Morgan fingerprint density at radius 3 is 2.67 bits per heavy atom. The molecule has 1 aromatic heterocycles. The average molecular weight is 403 g/mol. The molecule has 2 aliphatic rings. The number of carbonyl (C=O) groups is 2. The molecule has 152 valence electrons. The molecule has 7 heteroatoms. The van der Waals surface area contributed by atoms with Crippen LogP contribution in [0.1, 0.15) is 23.3 Å². The quantitative estimate of drug-likeness (QED) is 0.724. The van der Waals surface area contributed by atoms with Crippen molar-refractivity contribution in [1.82, 2.24) is 9.88 Å². The van der Waals surface area contributed by atoms with E-state index < -0.39 is 0 Å². The van der Waals surface area contributed by atoms with E-state index in [2.05, 4.69) is 10.3 Å². The number of pyridine rings is 1. The van der Waals surface area contributed by atoms with E-state index in [0.717, 1.165) is 10.8 Å². The molecule has 7 nitrogen and oxygen atoms in total. The van der Waals surface area contributed by atoms with Crippen LogP contribution < -0.4 is 14.8 Å². The van der Waals surface area contributed by atoms with Gasteiger partial charge in [0.25, 0.3) is 5.91 Å². The Morgan fingerprint density at radius 1 is 1.00 bits per heavy atom. The van der Waals surface area contributed by atoms with Crippen LogP contribution in [0.2, 0.25) is 0 Å². The van der Waals surface area contributed by atoms with Crippen LogP contribution in [-0.2, 0) is 4.79 Å². The monoisotopic (exact) mass is 403 g/mol. The van der Waals surface area contributed by atoms with Gasteiger partial charge < -0.3 is 19.7 Å². The number of carbonyl (C=O) groups excluding carboxylic acids is 2. The highest BCUT2D eigenvalue weighted by Crippen LogP contribution is 2.34. The van der Waals surface area contributed by atoms with Crippen molar-refractivity contribution in [3.05, 3.63) is 60.4 Å². The first kappa shape index (κ1) is 18.4. The highest BCUT2D eigenvalue weighted by atomic mass is 16.7. The number of hydrogen-bond acceptors (Lipinski definition) is 5. The second-order valence-electron chi connectivity index (χ2n) is 7.50. The van der Waals surface area contributed by atoms with Crippen LogP contribution in [0.25, 0.3) is 10.8 Å². The van der Waals surface area contributed by atoms with E-state index >= 15 is 0 Å². The third-order valence-electron chi connectivity index (χ3n) is 5.67. The molecule has 5 rings (SSSR count). The summed E-state index contributed by atoms with van der Waals surface area (Å²) in [5, 5.41) is 4.80. The second-order valence-corrected chi connectivity index (χ2v) is 7.50. The summed E-state index contributed by atoms with van der Waals surface area (Å²) in [6, 6.07) is 15.0. The lowest BCUT2D eigenvalue weighted by Gasteiger charge is -2.31. The molecule has 1 N–H and O–H groups in total. The number of ether oxygens (including phenoxy) is 2. The van der Waals surface area contributed by atoms with Crippen molar-refractivity contribution in [2.75, 3.05) is 25.2 Å². The maximum absolute atomic E-state index is 13.0. The van der Waals surface area contributed by atoms with E-state index in [1.165, 1.54) is 0 Å². The summed E-state index contributed by atoms with van der Waals surface area (Å²) < 4.78 is 10.7. The molecular formula is C23H21N3O4. The van der Waals surface area contributed by atoms with Crippen LogP contribution in [0, 0.1) is 5.92 Å². The summed E-state index contributed by atoms with van der Waals surface area (Å²) in [7, 11) is 0. The fourth-order valence-corrected chi connectivity index (χ4v) is 4.00. The zero-order chi connectivity index (χ0) is 20.5. The molecule has 0 saturated carbocycles.